The quantitative estimate of drug-likeness (QED) is 0.718. The highest BCUT2D eigenvalue weighted by atomic mass is 32.2. The molecule has 1 heterocycles. The minimum absolute atomic E-state index is 0.156. The Hall–Kier alpha value is -0.960. The van der Waals surface area contributed by atoms with Crippen molar-refractivity contribution in [3.8, 4) is 0 Å². The number of fused-ring (bicyclic) bond motifs is 1. The van der Waals surface area contributed by atoms with Crippen LogP contribution >= 0.6 is 11.8 Å². The number of carbonyl (C=O) groups excluding carboxylic acids is 1. The van der Waals surface area contributed by atoms with Gasteiger partial charge in [0, 0.05) is 10.1 Å². The smallest absolute Gasteiger partial charge is 0.339 e. The lowest BCUT2D eigenvalue weighted by molar-refractivity contribution is 0.0486. The van der Waals surface area contributed by atoms with Gasteiger partial charge in [0.2, 0.25) is 0 Å². The van der Waals surface area contributed by atoms with Crippen LogP contribution in [0.25, 0.3) is 0 Å². The van der Waals surface area contributed by atoms with E-state index in [0.717, 1.165) is 10.5 Å². The molecular weight excluding hydrogens is 244 g/mol. The summed E-state index contributed by atoms with van der Waals surface area (Å²) in [6.45, 7) is 0.572. The van der Waals surface area contributed by atoms with Gasteiger partial charge in [-0.3, -0.25) is 0 Å². The number of thioether (sulfide) groups is 1. The van der Waals surface area contributed by atoms with Crippen LogP contribution in [0.2, 0.25) is 0 Å². The molecule has 1 fully saturated rings. The summed E-state index contributed by atoms with van der Waals surface area (Å²) in [6, 6.07) is 7.82. The van der Waals surface area contributed by atoms with Crippen molar-refractivity contribution in [2.45, 2.75) is 42.2 Å². The lowest BCUT2D eigenvalue weighted by Gasteiger charge is -2.28. The van der Waals surface area contributed by atoms with Gasteiger partial charge in [-0.25, -0.2) is 4.79 Å². The number of carbonyl (C=O) groups is 1. The molecule has 3 rings (SSSR count). The van der Waals surface area contributed by atoms with Crippen molar-refractivity contribution in [3.05, 3.63) is 29.8 Å². The summed E-state index contributed by atoms with van der Waals surface area (Å²) in [5, 5.41) is 0.442. The molecule has 0 spiro atoms. The third-order valence-corrected chi connectivity index (χ3v) is 5.37. The van der Waals surface area contributed by atoms with Crippen molar-refractivity contribution < 1.29 is 9.53 Å². The van der Waals surface area contributed by atoms with E-state index in [1.165, 1.54) is 32.1 Å². The first-order valence-corrected chi connectivity index (χ1v) is 7.65. The molecule has 1 aliphatic carbocycles. The van der Waals surface area contributed by atoms with Crippen LogP contribution in [0.1, 0.15) is 42.5 Å². The van der Waals surface area contributed by atoms with Gasteiger partial charge in [0.15, 0.2) is 0 Å². The van der Waals surface area contributed by atoms with E-state index in [2.05, 4.69) is 0 Å². The van der Waals surface area contributed by atoms with Gasteiger partial charge in [-0.2, -0.15) is 0 Å². The summed E-state index contributed by atoms with van der Waals surface area (Å²) in [7, 11) is 0. The van der Waals surface area contributed by atoms with Gasteiger partial charge in [0.05, 0.1) is 5.56 Å². The van der Waals surface area contributed by atoms with Crippen LogP contribution in [0.4, 0.5) is 0 Å². The van der Waals surface area contributed by atoms with E-state index in [1.54, 1.807) is 0 Å². The molecule has 3 heteroatoms. The second-order valence-electron chi connectivity index (χ2n) is 5.15. The topological polar surface area (TPSA) is 26.3 Å². The predicted octanol–water partition coefficient (Wildman–Crippen LogP) is 3.90. The fraction of sp³-hybridized carbons (Fsp3) is 0.533. The molecule has 1 atom stereocenters. The molecule has 0 aromatic heterocycles. The largest absolute Gasteiger partial charge is 0.461 e. The first-order chi connectivity index (χ1) is 8.84. The van der Waals surface area contributed by atoms with Crippen molar-refractivity contribution in [2.24, 2.45) is 5.92 Å². The number of esters is 1. The summed E-state index contributed by atoms with van der Waals surface area (Å²) in [6.07, 6.45) is 6.60. The van der Waals surface area contributed by atoms with Crippen molar-refractivity contribution >= 4 is 17.7 Å². The summed E-state index contributed by atoms with van der Waals surface area (Å²) in [5.41, 5.74) is 0.737. The highest BCUT2D eigenvalue weighted by molar-refractivity contribution is 8.00. The normalized spacial score (nSPS) is 25.1. The number of benzene rings is 1. The fourth-order valence-electron chi connectivity index (χ4n) is 2.91. The van der Waals surface area contributed by atoms with Gasteiger partial charge < -0.3 is 4.74 Å². The van der Waals surface area contributed by atoms with Gasteiger partial charge in [0.25, 0.3) is 0 Å². The van der Waals surface area contributed by atoms with Gasteiger partial charge >= 0.3 is 5.97 Å². The van der Waals surface area contributed by atoms with Crippen molar-refractivity contribution in [3.63, 3.8) is 0 Å². The zero-order valence-electron chi connectivity index (χ0n) is 10.4. The summed E-state index contributed by atoms with van der Waals surface area (Å²) < 4.78 is 5.44. The molecule has 1 saturated carbocycles. The zero-order chi connectivity index (χ0) is 12.4. The molecule has 0 saturated heterocycles. The maximum absolute atomic E-state index is 11.9. The second kappa shape index (κ2) is 5.35. The maximum Gasteiger partial charge on any atom is 0.339 e. The Morgan fingerprint density at radius 2 is 1.89 bits per heavy atom. The number of hydrogen-bond acceptors (Lipinski definition) is 3. The fourth-order valence-corrected chi connectivity index (χ4v) is 4.27. The first-order valence-electron chi connectivity index (χ1n) is 6.77. The SMILES string of the molecule is O=C1OCC(C2CCCCC2)Sc2ccccc21. The zero-order valence-corrected chi connectivity index (χ0v) is 11.2. The third-order valence-electron chi connectivity index (χ3n) is 3.94. The molecule has 1 aromatic rings. The van der Waals surface area contributed by atoms with E-state index >= 15 is 0 Å². The van der Waals surface area contributed by atoms with Crippen LogP contribution in [0, 0.1) is 5.92 Å². The lowest BCUT2D eigenvalue weighted by Crippen LogP contribution is -2.24. The standard InChI is InChI=1S/C15H18O2S/c16-15-12-8-4-5-9-13(12)18-14(10-17-15)11-6-2-1-3-7-11/h4-5,8-9,11,14H,1-3,6-7,10H2. The maximum atomic E-state index is 11.9. The Morgan fingerprint density at radius 3 is 2.72 bits per heavy atom. The van der Waals surface area contributed by atoms with Crippen LogP contribution in [0.3, 0.4) is 0 Å². The van der Waals surface area contributed by atoms with Gasteiger partial charge in [-0.15, -0.1) is 11.8 Å². The van der Waals surface area contributed by atoms with Crippen LogP contribution in [-0.4, -0.2) is 17.8 Å². The summed E-state index contributed by atoms with van der Waals surface area (Å²) >= 11 is 1.84. The second-order valence-corrected chi connectivity index (χ2v) is 6.43. The van der Waals surface area contributed by atoms with Crippen LogP contribution in [-0.2, 0) is 4.74 Å². The molecule has 0 radical (unpaired) electrons. The number of cyclic esters (lactones) is 1. The van der Waals surface area contributed by atoms with Crippen molar-refractivity contribution in [1.82, 2.24) is 0 Å². The molecule has 2 aliphatic rings. The Morgan fingerprint density at radius 1 is 1.11 bits per heavy atom. The molecule has 0 N–H and O–H groups in total. The van der Waals surface area contributed by atoms with Gasteiger partial charge in [0.1, 0.15) is 6.61 Å². The highest BCUT2D eigenvalue weighted by Crippen LogP contribution is 2.39. The summed E-state index contributed by atoms with van der Waals surface area (Å²) in [4.78, 5) is 13.0. The molecule has 1 unspecified atom stereocenters. The average Bonchev–Trinajstić information content (AvgIpc) is 2.60. The van der Waals surface area contributed by atoms with Gasteiger partial charge in [-0.1, -0.05) is 31.4 Å². The predicted molar refractivity (Wildman–Crippen MR) is 72.9 cm³/mol. The minimum Gasteiger partial charge on any atom is -0.461 e. The molecule has 96 valence electrons. The lowest BCUT2D eigenvalue weighted by atomic mass is 9.87. The Labute approximate surface area is 112 Å². The van der Waals surface area contributed by atoms with E-state index in [-0.39, 0.29) is 5.97 Å². The van der Waals surface area contributed by atoms with Crippen LogP contribution < -0.4 is 0 Å². The average molecular weight is 262 g/mol. The molecule has 0 bridgehead atoms. The summed E-state index contributed by atoms with van der Waals surface area (Å²) in [5.74, 6) is 0.555. The van der Waals surface area contributed by atoms with Gasteiger partial charge in [-0.05, 0) is 30.9 Å². The minimum atomic E-state index is -0.156. The van der Waals surface area contributed by atoms with E-state index in [9.17, 15) is 4.79 Å². The molecule has 0 amide bonds. The number of hydrogen-bond donors (Lipinski definition) is 0. The van der Waals surface area contributed by atoms with E-state index < -0.39 is 0 Å². The van der Waals surface area contributed by atoms with Crippen molar-refractivity contribution in [1.29, 1.82) is 0 Å². The first kappa shape index (κ1) is 12.1. The molecule has 18 heavy (non-hydrogen) atoms. The number of rotatable bonds is 1. The Balaban J connectivity index is 1.82. The molecule has 2 nitrogen and oxygen atoms in total. The third kappa shape index (κ3) is 2.41. The molecular formula is C15H18O2S. The van der Waals surface area contributed by atoms with Crippen molar-refractivity contribution in [2.75, 3.05) is 6.61 Å². The monoisotopic (exact) mass is 262 g/mol. The Kier molecular flexibility index (Phi) is 3.59. The molecule has 1 aromatic carbocycles. The van der Waals surface area contributed by atoms with E-state index in [1.807, 2.05) is 36.0 Å². The van der Waals surface area contributed by atoms with E-state index in [0.29, 0.717) is 17.8 Å². The van der Waals surface area contributed by atoms with Crippen LogP contribution in [0.5, 0.6) is 0 Å². The molecule has 1 aliphatic heterocycles. The number of ether oxygens (including phenoxy) is 1. The highest BCUT2D eigenvalue weighted by Gasteiger charge is 2.30. The van der Waals surface area contributed by atoms with Crippen LogP contribution in [0.15, 0.2) is 29.2 Å². The van der Waals surface area contributed by atoms with E-state index in [4.69, 9.17) is 4.74 Å². The Bertz CT molecular complexity index is 438.